The predicted octanol–water partition coefficient (Wildman–Crippen LogP) is 0.881. The Morgan fingerprint density at radius 1 is 1.12 bits per heavy atom. The zero-order chi connectivity index (χ0) is 11.5. The summed E-state index contributed by atoms with van der Waals surface area (Å²) >= 11 is 0. The van der Waals surface area contributed by atoms with Gasteiger partial charge in [-0.05, 0) is 12.1 Å². The van der Waals surface area contributed by atoms with Gasteiger partial charge in [-0.25, -0.2) is 0 Å². The van der Waals surface area contributed by atoms with E-state index in [1.807, 2.05) is 12.1 Å². The lowest BCUT2D eigenvalue weighted by Crippen LogP contribution is -2.43. The maximum absolute atomic E-state index is 4.37. The summed E-state index contributed by atoms with van der Waals surface area (Å²) in [5.41, 5.74) is 2.16. The molecule has 0 spiro atoms. The van der Waals surface area contributed by atoms with E-state index < -0.39 is 0 Å². The summed E-state index contributed by atoms with van der Waals surface area (Å²) in [6.07, 6.45) is 3.58. The Hall–Kier alpha value is -1.88. The number of nitrogens with zero attached hydrogens (tertiary/aromatic N) is 3. The second-order valence-corrected chi connectivity index (χ2v) is 4.11. The van der Waals surface area contributed by atoms with Crippen molar-refractivity contribution in [2.75, 3.05) is 31.1 Å². The lowest BCUT2D eigenvalue weighted by atomic mass is 10.2. The van der Waals surface area contributed by atoms with E-state index in [1.54, 1.807) is 12.4 Å². The van der Waals surface area contributed by atoms with Gasteiger partial charge in [0, 0.05) is 50.2 Å². The summed E-state index contributed by atoms with van der Waals surface area (Å²) in [4.78, 5) is 6.30. The third-order valence-electron chi connectivity index (χ3n) is 3.00. The SMILES string of the molecule is c1cc(-c2cc(N3CCNCC3)n[nH]2)ccn1. The number of nitrogens with one attached hydrogen (secondary N) is 2. The Bertz CT molecular complexity index is 473. The van der Waals surface area contributed by atoms with E-state index in [-0.39, 0.29) is 0 Å². The van der Waals surface area contributed by atoms with E-state index in [2.05, 4.69) is 31.5 Å². The third-order valence-corrected chi connectivity index (χ3v) is 3.00. The molecule has 1 fully saturated rings. The van der Waals surface area contributed by atoms with Crippen LogP contribution in [-0.4, -0.2) is 41.4 Å². The van der Waals surface area contributed by atoms with Gasteiger partial charge in [-0.15, -0.1) is 0 Å². The fourth-order valence-electron chi connectivity index (χ4n) is 2.05. The molecular formula is C12H15N5. The van der Waals surface area contributed by atoms with Crippen molar-refractivity contribution in [3.05, 3.63) is 30.6 Å². The fraction of sp³-hybridized carbons (Fsp3) is 0.333. The minimum atomic E-state index is 1.01. The Labute approximate surface area is 99.9 Å². The summed E-state index contributed by atoms with van der Waals surface area (Å²) < 4.78 is 0. The number of hydrogen-bond acceptors (Lipinski definition) is 4. The molecule has 0 unspecified atom stereocenters. The van der Waals surface area contributed by atoms with Gasteiger partial charge in [-0.3, -0.25) is 10.1 Å². The molecule has 17 heavy (non-hydrogen) atoms. The molecule has 3 heterocycles. The highest BCUT2D eigenvalue weighted by Gasteiger charge is 2.13. The van der Waals surface area contributed by atoms with Crippen LogP contribution in [0.25, 0.3) is 11.3 Å². The van der Waals surface area contributed by atoms with Crippen LogP contribution in [0.2, 0.25) is 0 Å². The van der Waals surface area contributed by atoms with Crippen LogP contribution in [-0.2, 0) is 0 Å². The molecule has 3 rings (SSSR count). The van der Waals surface area contributed by atoms with E-state index in [0.717, 1.165) is 43.3 Å². The first kappa shape index (κ1) is 10.3. The van der Waals surface area contributed by atoms with Crippen molar-refractivity contribution >= 4 is 5.82 Å². The van der Waals surface area contributed by atoms with Gasteiger partial charge < -0.3 is 10.2 Å². The van der Waals surface area contributed by atoms with Gasteiger partial charge in [0.1, 0.15) is 0 Å². The number of H-pyrrole nitrogens is 1. The minimum Gasteiger partial charge on any atom is -0.353 e. The van der Waals surface area contributed by atoms with Gasteiger partial charge in [0.05, 0.1) is 5.69 Å². The van der Waals surface area contributed by atoms with Crippen molar-refractivity contribution in [1.82, 2.24) is 20.5 Å². The van der Waals surface area contributed by atoms with Gasteiger partial charge >= 0.3 is 0 Å². The monoisotopic (exact) mass is 229 g/mol. The summed E-state index contributed by atoms with van der Waals surface area (Å²) in [5, 5.41) is 10.8. The summed E-state index contributed by atoms with van der Waals surface area (Å²) in [7, 11) is 0. The highest BCUT2D eigenvalue weighted by Crippen LogP contribution is 2.21. The molecule has 1 saturated heterocycles. The average Bonchev–Trinajstić information content (AvgIpc) is 2.90. The molecule has 0 saturated carbocycles. The molecule has 2 N–H and O–H groups in total. The van der Waals surface area contributed by atoms with Crippen LogP contribution in [0.4, 0.5) is 5.82 Å². The smallest absolute Gasteiger partial charge is 0.151 e. The maximum Gasteiger partial charge on any atom is 0.151 e. The van der Waals surface area contributed by atoms with Crippen LogP contribution < -0.4 is 10.2 Å². The van der Waals surface area contributed by atoms with Crippen molar-refractivity contribution in [2.24, 2.45) is 0 Å². The summed E-state index contributed by atoms with van der Waals surface area (Å²) in [6.45, 7) is 4.08. The Morgan fingerprint density at radius 3 is 2.65 bits per heavy atom. The quantitative estimate of drug-likeness (QED) is 0.802. The average molecular weight is 229 g/mol. The highest BCUT2D eigenvalue weighted by molar-refractivity contribution is 5.62. The van der Waals surface area contributed by atoms with Gasteiger partial charge in [0.25, 0.3) is 0 Å². The molecule has 1 aliphatic heterocycles. The van der Waals surface area contributed by atoms with Crippen molar-refractivity contribution < 1.29 is 0 Å². The first-order chi connectivity index (χ1) is 8.43. The molecule has 88 valence electrons. The second kappa shape index (κ2) is 4.55. The largest absolute Gasteiger partial charge is 0.353 e. The molecule has 5 heteroatoms. The predicted molar refractivity (Wildman–Crippen MR) is 66.9 cm³/mol. The molecule has 1 aliphatic rings. The van der Waals surface area contributed by atoms with Gasteiger partial charge in [0.2, 0.25) is 0 Å². The molecule has 5 nitrogen and oxygen atoms in total. The molecule has 0 bridgehead atoms. The van der Waals surface area contributed by atoms with Crippen LogP contribution in [0.3, 0.4) is 0 Å². The normalized spacial score (nSPS) is 16.1. The topological polar surface area (TPSA) is 56.8 Å². The maximum atomic E-state index is 4.37. The van der Waals surface area contributed by atoms with Crippen molar-refractivity contribution in [1.29, 1.82) is 0 Å². The van der Waals surface area contributed by atoms with E-state index in [1.165, 1.54) is 0 Å². The molecule has 0 amide bonds. The standard InChI is InChI=1S/C12H15N5/c1-3-13-4-2-10(1)11-9-12(16-15-11)17-7-5-14-6-8-17/h1-4,9,14H,5-8H2,(H,15,16). The van der Waals surface area contributed by atoms with Crippen LogP contribution in [0.1, 0.15) is 0 Å². The highest BCUT2D eigenvalue weighted by atomic mass is 15.3. The van der Waals surface area contributed by atoms with Crippen molar-refractivity contribution in [3.8, 4) is 11.3 Å². The summed E-state index contributed by atoms with van der Waals surface area (Å²) in [6, 6.07) is 6.06. The van der Waals surface area contributed by atoms with E-state index in [0.29, 0.717) is 0 Å². The van der Waals surface area contributed by atoms with E-state index in [9.17, 15) is 0 Å². The van der Waals surface area contributed by atoms with Crippen LogP contribution in [0.5, 0.6) is 0 Å². The Morgan fingerprint density at radius 2 is 1.88 bits per heavy atom. The molecule has 2 aromatic rings. The zero-order valence-corrected chi connectivity index (χ0v) is 9.56. The lowest BCUT2D eigenvalue weighted by Gasteiger charge is -2.26. The Balaban J connectivity index is 1.83. The number of anilines is 1. The van der Waals surface area contributed by atoms with Gasteiger partial charge in [-0.1, -0.05) is 0 Å². The molecule has 0 aromatic carbocycles. The Kier molecular flexibility index (Phi) is 2.75. The second-order valence-electron chi connectivity index (χ2n) is 4.11. The number of piperazine rings is 1. The molecule has 2 aromatic heterocycles. The third kappa shape index (κ3) is 2.14. The van der Waals surface area contributed by atoms with Crippen LogP contribution in [0, 0.1) is 0 Å². The van der Waals surface area contributed by atoms with Gasteiger partial charge in [0.15, 0.2) is 5.82 Å². The van der Waals surface area contributed by atoms with Crippen molar-refractivity contribution in [3.63, 3.8) is 0 Å². The number of pyridine rings is 1. The van der Waals surface area contributed by atoms with E-state index >= 15 is 0 Å². The molecule has 0 atom stereocenters. The molecule has 0 aliphatic carbocycles. The number of aromatic amines is 1. The molecular weight excluding hydrogens is 214 g/mol. The first-order valence-corrected chi connectivity index (χ1v) is 5.85. The fourth-order valence-corrected chi connectivity index (χ4v) is 2.05. The lowest BCUT2D eigenvalue weighted by molar-refractivity contribution is 0.584. The number of hydrogen-bond donors (Lipinski definition) is 2. The van der Waals surface area contributed by atoms with Crippen LogP contribution in [0.15, 0.2) is 30.6 Å². The number of aromatic nitrogens is 3. The van der Waals surface area contributed by atoms with Crippen molar-refractivity contribution in [2.45, 2.75) is 0 Å². The van der Waals surface area contributed by atoms with E-state index in [4.69, 9.17) is 0 Å². The minimum absolute atomic E-state index is 1.01. The zero-order valence-electron chi connectivity index (χ0n) is 9.56. The van der Waals surface area contributed by atoms with Gasteiger partial charge in [-0.2, -0.15) is 5.10 Å². The first-order valence-electron chi connectivity index (χ1n) is 5.85. The molecule has 0 radical (unpaired) electrons. The van der Waals surface area contributed by atoms with Crippen LogP contribution >= 0.6 is 0 Å². The number of rotatable bonds is 2. The summed E-state index contributed by atoms with van der Waals surface area (Å²) in [5.74, 6) is 1.03.